The van der Waals surface area contributed by atoms with Crippen LogP contribution in [0.2, 0.25) is 0 Å². The third kappa shape index (κ3) is 6.26. The third-order valence-electron chi connectivity index (χ3n) is 3.73. The monoisotopic (exact) mass is 347 g/mol. The van der Waals surface area contributed by atoms with Gasteiger partial charge in [0.25, 0.3) is 0 Å². The van der Waals surface area contributed by atoms with Crippen LogP contribution >= 0.6 is 0 Å². The number of hydrogen-bond donors (Lipinski definition) is 2. The van der Waals surface area contributed by atoms with Gasteiger partial charge in [0.15, 0.2) is 0 Å². The Morgan fingerprint density at radius 2 is 1.68 bits per heavy atom. The van der Waals surface area contributed by atoms with Gasteiger partial charge in [-0.2, -0.15) is 13.2 Å². The number of alkyl halides is 3. The highest BCUT2D eigenvalue weighted by molar-refractivity contribution is 5.37. The Labute approximate surface area is 145 Å². The highest BCUT2D eigenvalue weighted by Gasteiger charge is 2.29. The van der Waals surface area contributed by atoms with Gasteiger partial charge in [-0.15, -0.1) is 0 Å². The van der Waals surface area contributed by atoms with Gasteiger partial charge < -0.3 is 5.11 Å². The molecule has 0 saturated heterocycles. The van der Waals surface area contributed by atoms with Crippen molar-refractivity contribution in [1.29, 1.82) is 0 Å². The molecule has 132 valence electrons. The number of benzene rings is 2. The molecular formula is C20H20F3NO. The molecule has 0 aliphatic carbocycles. The van der Waals surface area contributed by atoms with Gasteiger partial charge in [0, 0.05) is 18.2 Å². The summed E-state index contributed by atoms with van der Waals surface area (Å²) >= 11 is 0. The summed E-state index contributed by atoms with van der Waals surface area (Å²) < 4.78 is 37.5. The molecule has 2 aromatic rings. The molecule has 0 amide bonds. The molecule has 0 radical (unpaired) electrons. The third-order valence-corrected chi connectivity index (χ3v) is 3.73. The number of nitrogens with one attached hydrogen (secondary N) is 1. The molecule has 25 heavy (non-hydrogen) atoms. The maximum absolute atomic E-state index is 12.5. The zero-order valence-corrected chi connectivity index (χ0v) is 13.7. The van der Waals surface area contributed by atoms with Crippen molar-refractivity contribution < 1.29 is 18.3 Å². The molecular weight excluding hydrogens is 327 g/mol. The second kappa shape index (κ2) is 9.26. The quantitative estimate of drug-likeness (QED) is 0.769. The van der Waals surface area contributed by atoms with Gasteiger partial charge in [0.05, 0.1) is 12.1 Å². The summed E-state index contributed by atoms with van der Waals surface area (Å²) in [5, 5.41) is 12.3. The fraction of sp³-hybridized carbons (Fsp3) is 0.300. The molecule has 0 aromatic heterocycles. The van der Waals surface area contributed by atoms with Gasteiger partial charge >= 0.3 is 6.18 Å². The Morgan fingerprint density at radius 3 is 2.28 bits per heavy atom. The molecule has 0 aliphatic heterocycles. The lowest BCUT2D eigenvalue weighted by molar-refractivity contribution is -0.137. The van der Waals surface area contributed by atoms with Gasteiger partial charge in [0.2, 0.25) is 0 Å². The van der Waals surface area contributed by atoms with Crippen molar-refractivity contribution in [3.05, 3.63) is 71.3 Å². The molecule has 5 heteroatoms. The molecule has 0 fully saturated rings. The van der Waals surface area contributed by atoms with Crippen LogP contribution in [0.4, 0.5) is 13.2 Å². The zero-order chi connectivity index (χ0) is 18.1. The van der Waals surface area contributed by atoms with Crippen molar-refractivity contribution in [1.82, 2.24) is 5.32 Å². The predicted octanol–water partition coefficient (Wildman–Crippen LogP) is 4.16. The minimum absolute atomic E-state index is 0.0789. The van der Waals surface area contributed by atoms with Crippen LogP contribution in [-0.4, -0.2) is 18.3 Å². The van der Waals surface area contributed by atoms with Crippen LogP contribution in [0.15, 0.2) is 54.6 Å². The fourth-order valence-corrected chi connectivity index (χ4v) is 2.43. The van der Waals surface area contributed by atoms with Gasteiger partial charge in [-0.1, -0.05) is 42.2 Å². The normalized spacial score (nSPS) is 12.3. The van der Waals surface area contributed by atoms with E-state index in [0.29, 0.717) is 18.5 Å². The minimum Gasteiger partial charge on any atom is -0.396 e. The Kier molecular flexibility index (Phi) is 7.05. The van der Waals surface area contributed by atoms with E-state index in [-0.39, 0.29) is 12.6 Å². The van der Waals surface area contributed by atoms with Crippen molar-refractivity contribution in [2.45, 2.75) is 25.1 Å². The van der Waals surface area contributed by atoms with Crippen molar-refractivity contribution in [3.8, 4) is 11.8 Å². The Hall–Kier alpha value is -2.29. The molecule has 0 aliphatic rings. The number of halogens is 3. The van der Waals surface area contributed by atoms with E-state index in [4.69, 9.17) is 5.11 Å². The zero-order valence-electron chi connectivity index (χ0n) is 13.7. The van der Waals surface area contributed by atoms with E-state index < -0.39 is 11.7 Å². The van der Waals surface area contributed by atoms with Gasteiger partial charge in [0.1, 0.15) is 0 Å². The topological polar surface area (TPSA) is 32.3 Å². The summed E-state index contributed by atoms with van der Waals surface area (Å²) in [6.45, 7) is 0.536. The van der Waals surface area contributed by atoms with E-state index >= 15 is 0 Å². The Morgan fingerprint density at radius 1 is 1.00 bits per heavy atom. The molecule has 0 saturated carbocycles. The summed E-state index contributed by atoms with van der Waals surface area (Å²) in [6.07, 6.45) is -2.87. The van der Waals surface area contributed by atoms with Crippen molar-refractivity contribution in [3.63, 3.8) is 0 Å². The van der Waals surface area contributed by atoms with E-state index in [2.05, 4.69) is 17.2 Å². The maximum Gasteiger partial charge on any atom is 0.416 e. The number of aliphatic hydroxyl groups excluding tert-OH is 1. The summed E-state index contributed by atoms with van der Waals surface area (Å²) in [5.41, 5.74) is 0.984. The summed E-state index contributed by atoms with van der Waals surface area (Å²) in [7, 11) is 0. The molecule has 1 unspecified atom stereocenters. The maximum atomic E-state index is 12.5. The van der Waals surface area contributed by atoms with Crippen molar-refractivity contribution in [2.24, 2.45) is 0 Å². The van der Waals surface area contributed by atoms with Crippen LogP contribution in [0.3, 0.4) is 0 Å². The van der Waals surface area contributed by atoms with Crippen LogP contribution in [0.25, 0.3) is 0 Å². The molecule has 2 aromatic carbocycles. The van der Waals surface area contributed by atoms with Gasteiger partial charge in [-0.05, 0) is 42.7 Å². The molecule has 1 atom stereocenters. The molecule has 0 spiro atoms. The fourth-order valence-electron chi connectivity index (χ4n) is 2.43. The predicted molar refractivity (Wildman–Crippen MR) is 91.8 cm³/mol. The summed E-state index contributed by atoms with van der Waals surface area (Å²) in [6, 6.07) is 14.8. The van der Waals surface area contributed by atoms with E-state index in [1.165, 1.54) is 12.1 Å². The number of aliphatic hydroxyl groups is 1. The first-order valence-electron chi connectivity index (χ1n) is 8.06. The first-order valence-corrected chi connectivity index (χ1v) is 8.06. The standard InChI is InChI=1S/C20H20F3NO/c21-20(22,23)18-12-10-16(11-13-18)6-4-14-24-19(9-5-15-25)17-7-2-1-3-8-17/h1-3,7-8,10-13,19,24-25H,5,9,14-15H2. The second-order valence-electron chi connectivity index (χ2n) is 5.59. The highest BCUT2D eigenvalue weighted by Crippen LogP contribution is 2.28. The lowest BCUT2D eigenvalue weighted by atomic mass is 10.0. The SMILES string of the molecule is OCCCC(NCC#Cc1ccc(C(F)(F)F)cc1)c1ccccc1. The molecule has 2 rings (SSSR count). The van der Waals surface area contributed by atoms with Crippen molar-refractivity contribution >= 4 is 0 Å². The smallest absolute Gasteiger partial charge is 0.396 e. The summed E-state index contributed by atoms with van der Waals surface area (Å²) in [5.74, 6) is 5.79. The van der Waals surface area contributed by atoms with Crippen molar-refractivity contribution in [2.75, 3.05) is 13.2 Å². The van der Waals surface area contributed by atoms with E-state index in [0.717, 1.165) is 24.1 Å². The number of rotatable bonds is 6. The average Bonchev–Trinajstić information content (AvgIpc) is 2.61. The average molecular weight is 347 g/mol. The van der Waals surface area contributed by atoms with Crippen LogP contribution in [-0.2, 0) is 6.18 Å². The summed E-state index contributed by atoms with van der Waals surface area (Å²) in [4.78, 5) is 0. The lowest BCUT2D eigenvalue weighted by Gasteiger charge is -2.17. The van der Waals surface area contributed by atoms with E-state index in [1.807, 2.05) is 30.3 Å². The van der Waals surface area contributed by atoms with Crippen LogP contribution < -0.4 is 5.32 Å². The van der Waals surface area contributed by atoms with E-state index in [9.17, 15) is 13.2 Å². The van der Waals surface area contributed by atoms with Gasteiger partial charge in [-0.3, -0.25) is 5.32 Å². The molecule has 2 N–H and O–H groups in total. The Balaban J connectivity index is 1.95. The Bertz CT molecular complexity index is 700. The second-order valence-corrected chi connectivity index (χ2v) is 5.59. The number of hydrogen-bond acceptors (Lipinski definition) is 2. The van der Waals surface area contributed by atoms with Crippen LogP contribution in [0.5, 0.6) is 0 Å². The molecule has 2 nitrogen and oxygen atoms in total. The van der Waals surface area contributed by atoms with Crippen LogP contribution in [0.1, 0.15) is 35.6 Å². The molecule has 0 bridgehead atoms. The lowest BCUT2D eigenvalue weighted by Crippen LogP contribution is -2.22. The first-order chi connectivity index (χ1) is 12.0. The first kappa shape index (κ1) is 19.0. The largest absolute Gasteiger partial charge is 0.416 e. The minimum atomic E-state index is -4.33. The van der Waals surface area contributed by atoms with Crippen LogP contribution in [0, 0.1) is 11.8 Å². The molecule has 0 heterocycles. The highest BCUT2D eigenvalue weighted by atomic mass is 19.4. The van der Waals surface area contributed by atoms with Gasteiger partial charge in [-0.25, -0.2) is 0 Å². The van der Waals surface area contributed by atoms with E-state index in [1.54, 1.807) is 0 Å².